The van der Waals surface area contributed by atoms with Crippen LogP contribution >= 0.6 is 0 Å². The average molecular weight is 359 g/mol. The Bertz CT molecular complexity index is 872. The number of amides is 2. The van der Waals surface area contributed by atoms with Crippen molar-refractivity contribution in [2.75, 3.05) is 10.6 Å². The lowest BCUT2D eigenvalue weighted by molar-refractivity contribution is -0.386. The maximum absolute atomic E-state index is 12.3. The highest BCUT2D eigenvalue weighted by Gasteiger charge is 2.22. The molecule has 0 atom stereocenters. The third-order valence-corrected chi connectivity index (χ3v) is 3.94. The molecular weight excluding hydrogens is 338 g/mol. The summed E-state index contributed by atoms with van der Waals surface area (Å²) in [7, 11) is 0. The number of nitrogens with zero attached hydrogens (tertiary/aromatic N) is 3. The summed E-state index contributed by atoms with van der Waals surface area (Å²) in [5.41, 5.74) is 2.47. The van der Waals surface area contributed by atoms with Gasteiger partial charge in [0.05, 0.1) is 4.92 Å². The van der Waals surface area contributed by atoms with E-state index in [1.165, 1.54) is 11.6 Å². The summed E-state index contributed by atoms with van der Waals surface area (Å²) < 4.78 is 1.31. The summed E-state index contributed by atoms with van der Waals surface area (Å²) in [5.74, 6) is -0.492. The van der Waals surface area contributed by atoms with E-state index in [2.05, 4.69) is 15.7 Å². The van der Waals surface area contributed by atoms with Gasteiger partial charge in [0.25, 0.3) is 0 Å². The van der Waals surface area contributed by atoms with Crippen molar-refractivity contribution in [1.82, 2.24) is 9.78 Å². The molecule has 0 radical (unpaired) electrons. The summed E-state index contributed by atoms with van der Waals surface area (Å²) in [4.78, 5) is 34.4. The second-order valence-electron chi connectivity index (χ2n) is 5.91. The molecule has 0 unspecified atom stereocenters. The fourth-order valence-electron chi connectivity index (χ4n) is 2.52. The normalized spacial score (nSPS) is 10.5. The predicted octanol–water partition coefficient (Wildman–Crippen LogP) is 2.70. The van der Waals surface area contributed by atoms with Crippen molar-refractivity contribution in [1.29, 1.82) is 0 Å². The van der Waals surface area contributed by atoms with Gasteiger partial charge in [-0.2, -0.15) is 5.10 Å². The molecule has 0 spiro atoms. The van der Waals surface area contributed by atoms with E-state index in [0.717, 1.165) is 5.56 Å². The molecule has 138 valence electrons. The number of anilines is 2. The maximum Gasteiger partial charge on any atom is 0.312 e. The van der Waals surface area contributed by atoms with Crippen molar-refractivity contribution in [3.8, 4) is 0 Å². The molecule has 0 bridgehead atoms. The molecule has 0 aliphatic carbocycles. The van der Waals surface area contributed by atoms with Crippen LogP contribution in [0.1, 0.15) is 30.3 Å². The lowest BCUT2D eigenvalue weighted by Crippen LogP contribution is -2.21. The second-order valence-corrected chi connectivity index (χ2v) is 5.91. The molecule has 9 heteroatoms. The van der Waals surface area contributed by atoms with Crippen LogP contribution in [-0.4, -0.2) is 26.5 Å². The molecule has 2 amide bonds. The molecule has 1 aromatic carbocycles. The van der Waals surface area contributed by atoms with Gasteiger partial charge in [0.15, 0.2) is 0 Å². The van der Waals surface area contributed by atoms with Crippen LogP contribution in [0.5, 0.6) is 0 Å². The number of rotatable bonds is 6. The summed E-state index contributed by atoms with van der Waals surface area (Å²) >= 11 is 0. The summed E-state index contributed by atoms with van der Waals surface area (Å²) in [5, 5.41) is 20.6. The van der Waals surface area contributed by atoms with Gasteiger partial charge in [0.2, 0.25) is 11.8 Å². The van der Waals surface area contributed by atoms with Gasteiger partial charge in [-0.05, 0) is 38.5 Å². The average Bonchev–Trinajstić information content (AvgIpc) is 2.84. The Kier molecular flexibility index (Phi) is 5.71. The number of carbonyl (C=O) groups is 2. The molecule has 2 rings (SSSR count). The zero-order chi connectivity index (χ0) is 19.4. The third kappa shape index (κ3) is 4.24. The summed E-state index contributed by atoms with van der Waals surface area (Å²) in [6, 6.07) is 5.21. The van der Waals surface area contributed by atoms with Crippen LogP contribution in [0.3, 0.4) is 0 Å². The zero-order valence-electron chi connectivity index (χ0n) is 15.1. The number of hydrogen-bond donors (Lipinski definition) is 2. The number of hydrogen-bond acceptors (Lipinski definition) is 5. The zero-order valence-corrected chi connectivity index (χ0v) is 15.1. The van der Waals surface area contributed by atoms with Gasteiger partial charge in [-0.3, -0.25) is 24.4 Å². The van der Waals surface area contributed by atoms with E-state index < -0.39 is 4.92 Å². The molecule has 0 saturated heterocycles. The van der Waals surface area contributed by atoms with Crippen LogP contribution in [0.4, 0.5) is 17.1 Å². The maximum atomic E-state index is 12.3. The number of aromatic nitrogens is 2. The monoisotopic (exact) mass is 359 g/mol. The molecule has 9 nitrogen and oxygen atoms in total. The minimum absolute atomic E-state index is 0.0849. The molecule has 2 aromatic rings. The minimum atomic E-state index is -0.504. The van der Waals surface area contributed by atoms with Gasteiger partial charge in [0, 0.05) is 17.8 Å². The number of carbonyl (C=O) groups excluding carboxylic acids is 2. The first kappa shape index (κ1) is 19.1. The van der Waals surface area contributed by atoms with Crippen molar-refractivity contribution in [3.05, 3.63) is 45.3 Å². The van der Waals surface area contributed by atoms with E-state index in [0.29, 0.717) is 23.5 Å². The SMILES string of the molecule is CCC(=O)Nc1ccc(C)c(NC(=O)Cn2nc(C)c([N+](=O)[O-])c2C)c1. The van der Waals surface area contributed by atoms with Crippen molar-refractivity contribution in [3.63, 3.8) is 0 Å². The Balaban J connectivity index is 2.15. The Hall–Kier alpha value is -3.23. The molecule has 1 aromatic heterocycles. The van der Waals surface area contributed by atoms with Gasteiger partial charge < -0.3 is 10.6 Å². The number of aryl methyl sites for hydroxylation is 2. The third-order valence-electron chi connectivity index (χ3n) is 3.94. The minimum Gasteiger partial charge on any atom is -0.326 e. The fraction of sp³-hybridized carbons (Fsp3) is 0.353. The van der Waals surface area contributed by atoms with E-state index in [1.807, 2.05) is 6.92 Å². The van der Waals surface area contributed by atoms with Gasteiger partial charge in [-0.25, -0.2) is 0 Å². The number of benzene rings is 1. The highest BCUT2D eigenvalue weighted by atomic mass is 16.6. The Labute approximate surface area is 150 Å². The smallest absolute Gasteiger partial charge is 0.312 e. The van der Waals surface area contributed by atoms with Crippen LogP contribution in [0, 0.1) is 30.9 Å². The highest BCUT2D eigenvalue weighted by molar-refractivity contribution is 5.94. The molecule has 2 N–H and O–H groups in total. The topological polar surface area (TPSA) is 119 Å². The number of nitro groups is 1. The van der Waals surface area contributed by atoms with E-state index in [1.54, 1.807) is 32.0 Å². The quantitative estimate of drug-likeness (QED) is 0.607. The van der Waals surface area contributed by atoms with Crippen LogP contribution in [0.25, 0.3) is 0 Å². The summed E-state index contributed by atoms with van der Waals surface area (Å²) in [6.07, 6.45) is 0.353. The van der Waals surface area contributed by atoms with Gasteiger partial charge in [0.1, 0.15) is 17.9 Å². The molecule has 26 heavy (non-hydrogen) atoms. The van der Waals surface area contributed by atoms with E-state index in [4.69, 9.17) is 0 Å². The first-order chi connectivity index (χ1) is 12.2. The van der Waals surface area contributed by atoms with E-state index in [9.17, 15) is 19.7 Å². The molecule has 1 heterocycles. The van der Waals surface area contributed by atoms with E-state index in [-0.39, 0.29) is 29.7 Å². The van der Waals surface area contributed by atoms with Crippen LogP contribution in [-0.2, 0) is 16.1 Å². The predicted molar refractivity (Wildman–Crippen MR) is 97.1 cm³/mol. The van der Waals surface area contributed by atoms with Gasteiger partial charge in [-0.1, -0.05) is 13.0 Å². The Morgan fingerprint density at radius 2 is 1.88 bits per heavy atom. The van der Waals surface area contributed by atoms with Crippen molar-refractivity contribution in [2.24, 2.45) is 0 Å². The first-order valence-electron chi connectivity index (χ1n) is 8.11. The molecule has 0 aliphatic rings. The largest absolute Gasteiger partial charge is 0.326 e. The van der Waals surface area contributed by atoms with Crippen LogP contribution in [0.2, 0.25) is 0 Å². The lowest BCUT2D eigenvalue weighted by atomic mass is 10.1. The molecule has 0 fully saturated rings. The van der Waals surface area contributed by atoms with Crippen molar-refractivity contribution in [2.45, 2.75) is 40.7 Å². The van der Waals surface area contributed by atoms with Crippen molar-refractivity contribution < 1.29 is 14.5 Å². The standard InChI is InChI=1S/C17H21N5O4/c1-5-15(23)18-13-7-6-10(2)14(8-13)19-16(24)9-21-12(4)17(22(25)26)11(3)20-21/h6-8H,5,9H2,1-4H3,(H,18,23)(H,19,24). The molecule has 0 saturated carbocycles. The highest BCUT2D eigenvalue weighted by Crippen LogP contribution is 2.23. The number of nitrogens with one attached hydrogen (secondary N) is 2. The molecular formula is C17H21N5O4. The van der Waals surface area contributed by atoms with Gasteiger partial charge >= 0.3 is 5.69 Å². The lowest BCUT2D eigenvalue weighted by Gasteiger charge is -2.12. The van der Waals surface area contributed by atoms with Crippen LogP contribution < -0.4 is 10.6 Å². The van der Waals surface area contributed by atoms with Gasteiger partial charge in [-0.15, -0.1) is 0 Å². The van der Waals surface area contributed by atoms with Crippen molar-refractivity contribution >= 4 is 28.9 Å². The fourth-order valence-corrected chi connectivity index (χ4v) is 2.52. The second kappa shape index (κ2) is 7.77. The van der Waals surface area contributed by atoms with Crippen LogP contribution in [0.15, 0.2) is 18.2 Å². The first-order valence-corrected chi connectivity index (χ1v) is 8.11. The molecule has 0 aliphatic heterocycles. The van der Waals surface area contributed by atoms with E-state index >= 15 is 0 Å². The summed E-state index contributed by atoms with van der Waals surface area (Å²) in [6.45, 7) is 6.52. The Morgan fingerprint density at radius 1 is 1.19 bits per heavy atom. The Morgan fingerprint density at radius 3 is 2.46 bits per heavy atom.